The van der Waals surface area contributed by atoms with E-state index < -0.39 is 6.03 Å². The summed E-state index contributed by atoms with van der Waals surface area (Å²) in [5.74, 6) is -0.219. The predicted octanol–water partition coefficient (Wildman–Crippen LogP) is 1.86. The minimum atomic E-state index is -0.585. The van der Waals surface area contributed by atoms with Crippen molar-refractivity contribution in [2.45, 2.75) is 13.5 Å². The number of urea groups is 1. The number of hydrogen-bond donors (Lipinski definition) is 2. The number of likely N-dealkylation sites (N-methyl/N-ethyl adjacent to an activating group) is 1. The molecule has 0 radical (unpaired) electrons. The Morgan fingerprint density at radius 2 is 1.86 bits per heavy atom. The summed E-state index contributed by atoms with van der Waals surface area (Å²) in [6.45, 7) is 2.61. The summed E-state index contributed by atoms with van der Waals surface area (Å²) in [6, 6.07) is 13.5. The van der Waals surface area contributed by atoms with Crippen LogP contribution in [0, 0.1) is 0 Å². The van der Waals surface area contributed by atoms with Gasteiger partial charge < -0.3 is 16.0 Å². The van der Waals surface area contributed by atoms with Gasteiger partial charge in [-0.25, -0.2) is 4.79 Å². The molecule has 2 rings (SSSR count). The maximum absolute atomic E-state index is 11.8. The maximum atomic E-state index is 11.8. The zero-order valence-electron chi connectivity index (χ0n) is 12.0. The van der Waals surface area contributed by atoms with E-state index in [1.54, 1.807) is 6.92 Å². The van der Waals surface area contributed by atoms with Crippen LogP contribution in [0.4, 0.5) is 4.79 Å². The fraction of sp³-hybridized carbons (Fsp3) is 0.250. The van der Waals surface area contributed by atoms with Crippen molar-refractivity contribution in [2.75, 3.05) is 13.1 Å². The molecule has 0 heterocycles. The molecule has 110 valence electrons. The van der Waals surface area contributed by atoms with E-state index in [0.717, 1.165) is 10.9 Å². The Morgan fingerprint density at radius 1 is 1.14 bits per heavy atom. The lowest BCUT2D eigenvalue weighted by molar-refractivity contribution is -0.121. The first-order chi connectivity index (χ1) is 10.1. The lowest BCUT2D eigenvalue weighted by Gasteiger charge is -2.17. The van der Waals surface area contributed by atoms with E-state index in [2.05, 4.69) is 5.32 Å². The quantitative estimate of drug-likeness (QED) is 0.879. The molecule has 2 aromatic carbocycles. The average molecular weight is 285 g/mol. The molecule has 0 unspecified atom stereocenters. The summed E-state index contributed by atoms with van der Waals surface area (Å²) in [7, 11) is 0. The molecule has 0 saturated carbocycles. The highest BCUT2D eigenvalue weighted by Gasteiger charge is 2.11. The number of primary amides is 1. The van der Waals surface area contributed by atoms with E-state index in [9.17, 15) is 9.59 Å². The number of rotatable bonds is 5. The summed E-state index contributed by atoms with van der Waals surface area (Å²) in [6.07, 6.45) is 0. The molecule has 3 N–H and O–H groups in total. The van der Waals surface area contributed by atoms with Gasteiger partial charge in [0.15, 0.2) is 0 Å². The first kappa shape index (κ1) is 14.8. The van der Waals surface area contributed by atoms with E-state index in [0.29, 0.717) is 13.1 Å². The van der Waals surface area contributed by atoms with Gasteiger partial charge in [-0.3, -0.25) is 4.79 Å². The molecule has 0 spiro atoms. The normalized spacial score (nSPS) is 10.3. The predicted molar refractivity (Wildman–Crippen MR) is 82.6 cm³/mol. The van der Waals surface area contributed by atoms with Crippen molar-refractivity contribution in [3.05, 3.63) is 48.0 Å². The molecule has 0 aromatic heterocycles. The molecule has 0 aliphatic rings. The van der Waals surface area contributed by atoms with E-state index in [-0.39, 0.29) is 12.5 Å². The van der Waals surface area contributed by atoms with Crippen LogP contribution in [0.2, 0.25) is 0 Å². The van der Waals surface area contributed by atoms with Crippen molar-refractivity contribution in [1.29, 1.82) is 0 Å². The molecule has 3 amide bonds. The fourth-order valence-corrected chi connectivity index (χ4v) is 2.12. The number of carbonyl (C=O) groups excluding carboxylic acids is 2. The number of nitrogens with zero attached hydrogens (tertiary/aromatic N) is 1. The van der Waals surface area contributed by atoms with Crippen LogP contribution in [0.5, 0.6) is 0 Å². The number of nitrogens with one attached hydrogen (secondary N) is 1. The van der Waals surface area contributed by atoms with Gasteiger partial charge in [-0.05, 0) is 29.3 Å². The summed E-state index contributed by atoms with van der Waals surface area (Å²) < 4.78 is 0. The lowest BCUT2D eigenvalue weighted by Crippen LogP contribution is -2.42. The standard InChI is InChI=1S/C16H19N3O2/c1-2-19(16(17)21)11-15(20)18-10-12-7-8-13-5-3-4-6-14(13)9-12/h3-9H,2,10-11H2,1H3,(H2,17,21)(H,18,20). The van der Waals surface area contributed by atoms with Crippen molar-refractivity contribution < 1.29 is 9.59 Å². The van der Waals surface area contributed by atoms with Gasteiger partial charge in [0.25, 0.3) is 0 Å². The molecule has 0 aliphatic heterocycles. The van der Waals surface area contributed by atoms with Crippen molar-refractivity contribution in [1.82, 2.24) is 10.2 Å². The summed E-state index contributed by atoms with van der Waals surface area (Å²) >= 11 is 0. The Hall–Kier alpha value is -2.56. The molecular weight excluding hydrogens is 266 g/mol. The van der Waals surface area contributed by atoms with Crippen LogP contribution in [0.25, 0.3) is 10.8 Å². The monoisotopic (exact) mass is 285 g/mol. The van der Waals surface area contributed by atoms with Crippen LogP contribution in [-0.4, -0.2) is 29.9 Å². The maximum Gasteiger partial charge on any atom is 0.315 e. The van der Waals surface area contributed by atoms with E-state index in [1.807, 2.05) is 42.5 Å². The minimum absolute atomic E-state index is 0.0145. The first-order valence-corrected chi connectivity index (χ1v) is 6.89. The van der Waals surface area contributed by atoms with Gasteiger partial charge >= 0.3 is 6.03 Å². The molecule has 5 nitrogen and oxygen atoms in total. The van der Waals surface area contributed by atoms with Crippen LogP contribution >= 0.6 is 0 Å². The van der Waals surface area contributed by atoms with Crippen molar-refractivity contribution in [2.24, 2.45) is 5.73 Å². The number of carbonyl (C=O) groups is 2. The van der Waals surface area contributed by atoms with Gasteiger partial charge in [-0.2, -0.15) is 0 Å². The summed E-state index contributed by atoms with van der Waals surface area (Å²) in [5.41, 5.74) is 6.19. The van der Waals surface area contributed by atoms with Crippen LogP contribution in [0.3, 0.4) is 0 Å². The largest absolute Gasteiger partial charge is 0.351 e. The van der Waals surface area contributed by atoms with Gasteiger partial charge in [-0.1, -0.05) is 36.4 Å². The first-order valence-electron chi connectivity index (χ1n) is 6.89. The molecular formula is C16H19N3O2. The average Bonchev–Trinajstić information content (AvgIpc) is 2.50. The Labute approximate surface area is 123 Å². The second kappa shape index (κ2) is 6.74. The summed E-state index contributed by atoms with van der Waals surface area (Å²) in [5, 5.41) is 5.10. The van der Waals surface area contributed by atoms with E-state index in [4.69, 9.17) is 5.73 Å². The van der Waals surface area contributed by atoms with E-state index in [1.165, 1.54) is 10.3 Å². The third-order valence-electron chi connectivity index (χ3n) is 3.33. The highest BCUT2D eigenvalue weighted by Crippen LogP contribution is 2.15. The molecule has 21 heavy (non-hydrogen) atoms. The van der Waals surface area contributed by atoms with Crippen LogP contribution in [0.15, 0.2) is 42.5 Å². The molecule has 5 heteroatoms. The van der Waals surface area contributed by atoms with E-state index >= 15 is 0 Å². The van der Waals surface area contributed by atoms with Crippen molar-refractivity contribution in [3.63, 3.8) is 0 Å². The van der Waals surface area contributed by atoms with Crippen molar-refractivity contribution in [3.8, 4) is 0 Å². The topological polar surface area (TPSA) is 75.4 Å². The van der Waals surface area contributed by atoms with Gasteiger partial charge in [0.2, 0.25) is 5.91 Å². The minimum Gasteiger partial charge on any atom is -0.351 e. The molecule has 0 bridgehead atoms. The zero-order valence-corrected chi connectivity index (χ0v) is 12.0. The van der Waals surface area contributed by atoms with Crippen LogP contribution in [0.1, 0.15) is 12.5 Å². The van der Waals surface area contributed by atoms with Crippen LogP contribution in [-0.2, 0) is 11.3 Å². The number of fused-ring (bicyclic) bond motifs is 1. The Morgan fingerprint density at radius 3 is 2.52 bits per heavy atom. The number of nitrogens with two attached hydrogens (primary N) is 1. The number of hydrogen-bond acceptors (Lipinski definition) is 2. The highest BCUT2D eigenvalue weighted by molar-refractivity contribution is 5.84. The second-order valence-electron chi connectivity index (χ2n) is 4.81. The third kappa shape index (κ3) is 3.95. The number of benzene rings is 2. The van der Waals surface area contributed by atoms with Gasteiger partial charge in [0, 0.05) is 13.1 Å². The molecule has 0 fully saturated rings. The molecule has 0 saturated heterocycles. The SMILES string of the molecule is CCN(CC(=O)NCc1ccc2ccccc2c1)C(N)=O. The Balaban J connectivity index is 1.95. The van der Waals surface area contributed by atoms with Crippen LogP contribution < -0.4 is 11.1 Å². The Kier molecular flexibility index (Phi) is 4.77. The molecule has 2 aromatic rings. The third-order valence-corrected chi connectivity index (χ3v) is 3.33. The summed E-state index contributed by atoms with van der Waals surface area (Å²) in [4.78, 5) is 24.1. The smallest absolute Gasteiger partial charge is 0.315 e. The van der Waals surface area contributed by atoms with Gasteiger partial charge in [0.05, 0.1) is 0 Å². The highest BCUT2D eigenvalue weighted by atomic mass is 16.2. The number of amides is 3. The van der Waals surface area contributed by atoms with Crippen molar-refractivity contribution >= 4 is 22.7 Å². The van der Waals surface area contributed by atoms with Gasteiger partial charge in [0.1, 0.15) is 6.54 Å². The van der Waals surface area contributed by atoms with Gasteiger partial charge in [-0.15, -0.1) is 0 Å². The lowest BCUT2D eigenvalue weighted by atomic mass is 10.1. The molecule has 0 atom stereocenters. The Bertz CT molecular complexity index is 655. The fourth-order valence-electron chi connectivity index (χ4n) is 2.12. The molecule has 0 aliphatic carbocycles. The second-order valence-corrected chi connectivity index (χ2v) is 4.81. The zero-order chi connectivity index (χ0) is 15.2.